The molecule has 3 rings (SSSR count). The molecule has 1 saturated heterocycles. The molecule has 0 spiro atoms. The Morgan fingerprint density at radius 2 is 1.67 bits per heavy atom. The van der Waals surface area contributed by atoms with Gasteiger partial charge in [0.05, 0.1) is 16.1 Å². The number of piperidine rings is 1. The first kappa shape index (κ1) is 24.6. The quantitative estimate of drug-likeness (QED) is 0.627. The number of alkyl halides is 3. The summed E-state index contributed by atoms with van der Waals surface area (Å²) >= 11 is 0. The number of hydrogen-bond donors (Lipinski definition) is 2. The largest absolute Gasteiger partial charge is 0.417 e. The maximum absolute atomic E-state index is 13.8. The highest BCUT2D eigenvalue weighted by molar-refractivity contribution is 7.89. The Labute approximate surface area is 187 Å². The van der Waals surface area contributed by atoms with Crippen LogP contribution in [-0.4, -0.2) is 37.6 Å². The molecule has 7 nitrogen and oxygen atoms in total. The summed E-state index contributed by atoms with van der Waals surface area (Å²) < 4.78 is 80.2. The lowest BCUT2D eigenvalue weighted by atomic mass is 9.97. The van der Waals surface area contributed by atoms with Crippen LogP contribution in [0.15, 0.2) is 47.4 Å². The van der Waals surface area contributed by atoms with Crippen molar-refractivity contribution in [2.45, 2.75) is 30.8 Å². The zero-order valence-electron chi connectivity index (χ0n) is 17.4. The predicted octanol–water partition coefficient (Wildman–Crippen LogP) is 3.84. The first-order chi connectivity index (χ1) is 15.4. The lowest BCUT2D eigenvalue weighted by molar-refractivity contribution is -0.140. The first-order valence-electron chi connectivity index (χ1n) is 9.94. The Bertz CT molecular complexity index is 1160. The molecule has 2 N–H and O–H groups in total. The lowest BCUT2D eigenvalue weighted by Crippen LogP contribution is -2.41. The van der Waals surface area contributed by atoms with Gasteiger partial charge < -0.3 is 10.6 Å². The van der Waals surface area contributed by atoms with Crippen LogP contribution in [0.1, 0.15) is 25.3 Å². The van der Waals surface area contributed by atoms with E-state index in [4.69, 9.17) is 0 Å². The number of anilines is 2. The summed E-state index contributed by atoms with van der Waals surface area (Å²) in [6.45, 7) is 0.944. The van der Waals surface area contributed by atoms with E-state index >= 15 is 0 Å². The highest BCUT2D eigenvalue weighted by Gasteiger charge is 2.40. The standard InChI is InChI=1S/C21H21F4N3O4S/c1-13(29)26-18-12-15(6-7-17(18)22)27-20(30)14-8-10-28(11-9-14)33(31,32)19-5-3-2-4-16(19)21(23,24)25/h2-7,12,14H,8-11H2,1H3,(H,26,29)(H,27,30). The van der Waals surface area contributed by atoms with Crippen molar-refractivity contribution in [1.29, 1.82) is 0 Å². The van der Waals surface area contributed by atoms with Crippen molar-refractivity contribution in [2.24, 2.45) is 5.92 Å². The molecule has 0 unspecified atom stereocenters. The monoisotopic (exact) mass is 487 g/mol. The van der Waals surface area contributed by atoms with E-state index in [0.29, 0.717) is 6.07 Å². The van der Waals surface area contributed by atoms with Crippen LogP contribution in [0, 0.1) is 11.7 Å². The van der Waals surface area contributed by atoms with Crippen molar-refractivity contribution < 1.29 is 35.6 Å². The fourth-order valence-electron chi connectivity index (χ4n) is 3.56. The first-order valence-corrected chi connectivity index (χ1v) is 11.4. The van der Waals surface area contributed by atoms with Gasteiger partial charge in [0.1, 0.15) is 5.82 Å². The molecule has 0 bridgehead atoms. The van der Waals surface area contributed by atoms with Gasteiger partial charge in [-0.1, -0.05) is 12.1 Å². The molecule has 0 saturated carbocycles. The van der Waals surface area contributed by atoms with E-state index in [1.54, 1.807) is 0 Å². The Kier molecular flexibility index (Phi) is 7.08. The molecule has 0 aliphatic carbocycles. The van der Waals surface area contributed by atoms with Crippen LogP contribution in [0.25, 0.3) is 0 Å². The van der Waals surface area contributed by atoms with Gasteiger partial charge >= 0.3 is 6.18 Å². The second kappa shape index (κ2) is 9.48. The van der Waals surface area contributed by atoms with Gasteiger partial charge in [-0.3, -0.25) is 9.59 Å². The number of benzene rings is 2. The maximum Gasteiger partial charge on any atom is 0.417 e. The van der Waals surface area contributed by atoms with E-state index in [1.165, 1.54) is 25.1 Å². The van der Waals surface area contributed by atoms with Gasteiger partial charge in [0.25, 0.3) is 0 Å². The lowest BCUT2D eigenvalue weighted by Gasteiger charge is -2.31. The molecule has 2 aromatic rings. The Morgan fingerprint density at radius 1 is 1.03 bits per heavy atom. The van der Waals surface area contributed by atoms with Crippen LogP contribution in [0.3, 0.4) is 0 Å². The highest BCUT2D eigenvalue weighted by atomic mass is 32.2. The van der Waals surface area contributed by atoms with E-state index in [0.717, 1.165) is 22.5 Å². The van der Waals surface area contributed by atoms with Crippen LogP contribution in [0.2, 0.25) is 0 Å². The molecule has 33 heavy (non-hydrogen) atoms. The topological polar surface area (TPSA) is 95.6 Å². The second-order valence-corrected chi connectivity index (χ2v) is 9.44. The number of halogens is 4. The molecule has 178 valence electrons. The molecular weight excluding hydrogens is 466 g/mol. The number of carbonyl (C=O) groups is 2. The molecule has 2 aromatic carbocycles. The molecule has 0 aromatic heterocycles. The minimum atomic E-state index is -4.83. The fraction of sp³-hybridized carbons (Fsp3) is 0.333. The van der Waals surface area contributed by atoms with E-state index in [9.17, 15) is 35.6 Å². The third kappa shape index (κ3) is 5.69. The summed E-state index contributed by atoms with van der Waals surface area (Å²) in [6.07, 6.45) is -4.63. The van der Waals surface area contributed by atoms with Gasteiger partial charge in [-0.05, 0) is 43.2 Å². The van der Waals surface area contributed by atoms with E-state index in [2.05, 4.69) is 10.6 Å². The van der Waals surface area contributed by atoms with Crippen LogP contribution < -0.4 is 10.6 Å². The minimum Gasteiger partial charge on any atom is -0.326 e. The van der Waals surface area contributed by atoms with Gasteiger partial charge in [0.2, 0.25) is 21.8 Å². The number of carbonyl (C=O) groups excluding carboxylic acids is 2. The molecule has 1 heterocycles. The van der Waals surface area contributed by atoms with Crippen molar-refractivity contribution in [1.82, 2.24) is 4.31 Å². The molecule has 0 atom stereocenters. The SMILES string of the molecule is CC(=O)Nc1cc(NC(=O)C2CCN(S(=O)(=O)c3ccccc3C(F)(F)F)CC2)ccc1F. The number of rotatable bonds is 5. The zero-order valence-corrected chi connectivity index (χ0v) is 18.3. The summed E-state index contributed by atoms with van der Waals surface area (Å²) in [5, 5.41) is 4.89. The van der Waals surface area contributed by atoms with Gasteiger partial charge in [0, 0.05) is 31.6 Å². The summed E-state index contributed by atoms with van der Waals surface area (Å²) in [6, 6.07) is 7.61. The van der Waals surface area contributed by atoms with Crippen molar-refractivity contribution in [2.75, 3.05) is 23.7 Å². The number of hydrogen-bond acceptors (Lipinski definition) is 4. The van der Waals surface area contributed by atoms with Crippen molar-refractivity contribution in [3.05, 3.63) is 53.8 Å². The normalized spacial score (nSPS) is 15.8. The number of sulfonamides is 1. The molecule has 2 amide bonds. The third-order valence-electron chi connectivity index (χ3n) is 5.18. The fourth-order valence-corrected chi connectivity index (χ4v) is 5.24. The van der Waals surface area contributed by atoms with Gasteiger partial charge in [0.15, 0.2) is 0 Å². The smallest absolute Gasteiger partial charge is 0.326 e. The average molecular weight is 487 g/mol. The van der Waals surface area contributed by atoms with Crippen LogP contribution in [-0.2, 0) is 25.8 Å². The maximum atomic E-state index is 13.8. The van der Waals surface area contributed by atoms with E-state index < -0.39 is 50.2 Å². The Balaban J connectivity index is 1.68. The van der Waals surface area contributed by atoms with Crippen LogP contribution >= 0.6 is 0 Å². The summed E-state index contributed by atoms with van der Waals surface area (Å²) in [5.41, 5.74) is -1.11. The number of nitrogens with one attached hydrogen (secondary N) is 2. The molecule has 0 radical (unpaired) electrons. The van der Waals surface area contributed by atoms with E-state index in [-0.39, 0.29) is 37.3 Å². The van der Waals surface area contributed by atoms with Crippen molar-refractivity contribution >= 4 is 33.2 Å². The average Bonchev–Trinajstić information content (AvgIpc) is 2.75. The Morgan fingerprint density at radius 3 is 2.27 bits per heavy atom. The molecule has 1 aliphatic heterocycles. The summed E-state index contributed by atoms with van der Waals surface area (Å²) in [7, 11) is -4.41. The summed E-state index contributed by atoms with van der Waals surface area (Å²) in [4.78, 5) is 22.9. The van der Waals surface area contributed by atoms with Gasteiger partial charge in [-0.2, -0.15) is 17.5 Å². The third-order valence-corrected chi connectivity index (χ3v) is 7.14. The number of amides is 2. The van der Waals surface area contributed by atoms with Gasteiger partial charge in [-0.15, -0.1) is 0 Å². The van der Waals surface area contributed by atoms with Crippen molar-refractivity contribution in [3.63, 3.8) is 0 Å². The molecule has 1 aliphatic rings. The second-order valence-electron chi connectivity index (χ2n) is 7.54. The minimum absolute atomic E-state index is 0.0962. The summed E-state index contributed by atoms with van der Waals surface area (Å²) in [5.74, 6) is -2.20. The van der Waals surface area contributed by atoms with Gasteiger partial charge in [-0.25, -0.2) is 12.8 Å². The number of nitrogens with zero attached hydrogens (tertiary/aromatic N) is 1. The van der Waals surface area contributed by atoms with Crippen molar-refractivity contribution in [3.8, 4) is 0 Å². The van der Waals surface area contributed by atoms with E-state index in [1.807, 2.05) is 0 Å². The highest BCUT2D eigenvalue weighted by Crippen LogP contribution is 2.36. The van der Waals surface area contributed by atoms with Crippen LogP contribution in [0.4, 0.5) is 28.9 Å². The Hall–Kier alpha value is -2.99. The zero-order chi connectivity index (χ0) is 24.4. The molecular formula is C21H21F4N3O4S. The molecule has 1 fully saturated rings. The molecule has 12 heteroatoms. The van der Waals surface area contributed by atoms with Crippen LogP contribution in [0.5, 0.6) is 0 Å². The predicted molar refractivity (Wildman–Crippen MR) is 112 cm³/mol.